The third-order valence-corrected chi connectivity index (χ3v) is 6.68. The zero-order valence-corrected chi connectivity index (χ0v) is 19.0. The summed E-state index contributed by atoms with van der Waals surface area (Å²) in [6.45, 7) is -0.414. The van der Waals surface area contributed by atoms with Gasteiger partial charge in [-0.15, -0.1) is 5.10 Å². The number of aliphatic hydroxyl groups is 2. The lowest BCUT2D eigenvalue weighted by molar-refractivity contribution is -0.186. The van der Waals surface area contributed by atoms with Gasteiger partial charge in [-0.25, -0.2) is 9.07 Å². The van der Waals surface area contributed by atoms with Crippen LogP contribution in [-0.2, 0) is 9.47 Å². The van der Waals surface area contributed by atoms with E-state index in [0.717, 1.165) is 4.90 Å². The summed E-state index contributed by atoms with van der Waals surface area (Å²) in [6.07, 6.45) is 2.01. The van der Waals surface area contributed by atoms with Gasteiger partial charge in [0, 0.05) is 30.0 Å². The third kappa shape index (κ3) is 4.76. The molecule has 0 bridgehead atoms. The molecule has 4 rings (SSSR count). The highest BCUT2D eigenvalue weighted by Gasteiger charge is 2.47. The number of pyridine rings is 1. The van der Waals surface area contributed by atoms with Gasteiger partial charge in [-0.05, 0) is 18.2 Å². The van der Waals surface area contributed by atoms with Crippen LogP contribution in [0.3, 0.4) is 0 Å². The minimum Gasteiger partial charge on any atom is -0.394 e. The molecule has 0 aliphatic carbocycles. The number of aromatic nitrogens is 4. The van der Waals surface area contributed by atoms with E-state index in [1.54, 1.807) is 24.5 Å². The molecule has 0 amide bonds. The second-order valence-electron chi connectivity index (χ2n) is 7.08. The zero-order valence-electron chi connectivity index (χ0n) is 16.7. The van der Waals surface area contributed by atoms with Crippen molar-refractivity contribution >= 4 is 35.0 Å². The first kappa shape index (κ1) is 23.4. The molecule has 2 N–H and O–H groups in total. The lowest BCUT2D eigenvalue weighted by atomic mass is 9.97. The van der Waals surface area contributed by atoms with Crippen LogP contribution in [-0.4, -0.2) is 67.7 Å². The highest BCUT2D eigenvalue weighted by atomic mass is 35.5. The van der Waals surface area contributed by atoms with E-state index < -0.39 is 42.2 Å². The first-order valence-corrected chi connectivity index (χ1v) is 11.2. The van der Waals surface area contributed by atoms with Crippen LogP contribution < -0.4 is 0 Å². The second kappa shape index (κ2) is 10.0. The molecule has 0 spiro atoms. The van der Waals surface area contributed by atoms with E-state index in [2.05, 4.69) is 15.3 Å². The van der Waals surface area contributed by atoms with Crippen molar-refractivity contribution in [3.05, 3.63) is 58.7 Å². The Morgan fingerprint density at radius 3 is 2.78 bits per heavy atom. The smallest absolute Gasteiger partial charge is 0.142 e. The maximum Gasteiger partial charge on any atom is 0.142 e. The van der Waals surface area contributed by atoms with Crippen molar-refractivity contribution in [2.75, 3.05) is 13.7 Å². The molecule has 3 aromatic rings. The average molecular weight is 501 g/mol. The quantitative estimate of drug-likeness (QED) is 0.531. The highest BCUT2D eigenvalue weighted by molar-refractivity contribution is 7.99. The van der Waals surface area contributed by atoms with Crippen LogP contribution in [0.5, 0.6) is 0 Å². The number of ether oxygens (including phenoxy) is 2. The van der Waals surface area contributed by atoms with Gasteiger partial charge < -0.3 is 19.7 Å². The largest absolute Gasteiger partial charge is 0.394 e. The second-order valence-corrected chi connectivity index (χ2v) is 9.09. The van der Waals surface area contributed by atoms with Gasteiger partial charge in [-0.3, -0.25) is 4.98 Å². The average Bonchev–Trinajstić information content (AvgIpc) is 3.26. The number of rotatable bonds is 6. The normalized spacial score (nSPS) is 25.8. The van der Waals surface area contributed by atoms with Crippen molar-refractivity contribution in [1.29, 1.82) is 0 Å². The van der Waals surface area contributed by atoms with Gasteiger partial charge in [0.2, 0.25) is 0 Å². The van der Waals surface area contributed by atoms with Gasteiger partial charge in [0.05, 0.1) is 22.8 Å². The van der Waals surface area contributed by atoms with Gasteiger partial charge in [0.25, 0.3) is 0 Å². The van der Waals surface area contributed by atoms with Gasteiger partial charge in [-0.2, -0.15) is 0 Å². The van der Waals surface area contributed by atoms with Gasteiger partial charge >= 0.3 is 0 Å². The molecule has 12 heteroatoms. The molecule has 3 heterocycles. The van der Waals surface area contributed by atoms with Crippen LogP contribution in [0.15, 0.2) is 47.8 Å². The topological polar surface area (TPSA) is 103 Å². The number of nitrogens with zero attached hydrogens (tertiary/aromatic N) is 4. The van der Waals surface area contributed by atoms with E-state index in [1.807, 2.05) is 0 Å². The molecule has 1 saturated heterocycles. The summed E-state index contributed by atoms with van der Waals surface area (Å²) in [4.78, 5) is 4.80. The van der Waals surface area contributed by atoms with Crippen LogP contribution in [0, 0.1) is 5.82 Å². The zero-order chi connectivity index (χ0) is 22.8. The maximum absolute atomic E-state index is 13.9. The minimum atomic E-state index is -1.14. The van der Waals surface area contributed by atoms with E-state index in [4.69, 9.17) is 32.7 Å². The maximum atomic E-state index is 13.9. The standard InChI is InChI=1S/C20H19Cl2FN4O4S/c1-30-19-17(27-8-15(25-26-27)10-2-3-13(22)14(23)4-10)18(29)16(9-28)31-20(19)32-12-5-11(21)6-24-7-12/h2-8,16-20,28-29H,9H2,1H3/t16-,17+,18+,19-,20-/m1/s1. The summed E-state index contributed by atoms with van der Waals surface area (Å²) in [5.41, 5.74) is 0.243. The highest BCUT2D eigenvalue weighted by Crippen LogP contribution is 2.39. The molecule has 2 aromatic heterocycles. The van der Waals surface area contributed by atoms with Crippen molar-refractivity contribution in [1.82, 2.24) is 20.0 Å². The van der Waals surface area contributed by atoms with Gasteiger partial charge in [0.1, 0.15) is 41.3 Å². The van der Waals surface area contributed by atoms with E-state index in [0.29, 0.717) is 16.3 Å². The molecular formula is C20H19Cl2FN4O4S. The first-order chi connectivity index (χ1) is 15.4. The predicted molar refractivity (Wildman–Crippen MR) is 117 cm³/mol. The van der Waals surface area contributed by atoms with Crippen LogP contribution in [0.4, 0.5) is 4.39 Å². The fourth-order valence-electron chi connectivity index (χ4n) is 3.51. The molecular weight excluding hydrogens is 482 g/mol. The molecule has 0 unspecified atom stereocenters. The molecule has 32 heavy (non-hydrogen) atoms. The monoisotopic (exact) mass is 500 g/mol. The van der Waals surface area contributed by atoms with Crippen molar-refractivity contribution in [3.8, 4) is 11.3 Å². The Balaban J connectivity index is 1.66. The Hall–Kier alpha value is -1.79. The van der Waals surface area contributed by atoms with Crippen LogP contribution >= 0.6 is 35.0 Å². The van der Waals surface area contributed by atoms with Gasteiger partial charge in [-0.1, -0.05) is 46.2 Å². The Labute approximate surface area is 197 Å². The van der Waals surface area contributed by atoms with E-state index in [-0.39, 0.29) is 5.02 Å². The van der Waals surface area contributed by atoms with Crippen molar-refractivity contribution in [2.45, 2.75) is 34.7 Å². The van der Waals surface area contributed by atoms with Crippen LogP contribution in [0.1, 0.15) is 6.04 Å². The third-order valence-electron chi connectivity index (χ3n) is 5.06. The Bertz CT molecular complexity index is 1090. The Morgan fingerprint density at radius 1 is 1.28 bits per heavy atom. The molecule has 1 fully saturated rings. The fourth-order valence-corrected chi connectivity index (χ4v) is 5.06. The van der Waals surface area contributed by atoms with E-state index >= 15 is 0 Å². The minimum absolute atomic E-state index is 0.00148. The summed E-state index contributed by atoms with van der Waals surface area (Å²) in [5.74, 6) is -0.577. The summed E-state index contributed by atoms with van der Waals surface area (Å²) in [5, 5.41) is 29.4. The lowest BCUT2D eigenvalue weighted by Crippen LogP contribution is -2.55. The summed E-state index contributed by atoms with van der Waals surface area (Å²) >= 11 is 13.1. The van der Waals surface area contributed by atoms with Gasteiger partial charge in [0.15, 0.2) is 0 Å². The molecule has 0 saturated carbocycles. The number of aliphatic hydroxyl groups excluding tert-OH is 2. The summed E-state index contributed by atoms with van der Waals surface area (Å²) in [6, 6.07) is 5.29. The van der Waals surface area contributed by atoms with Crippen molar-refractivity contribution < 1.29 is 24.1 Å². The summed E-state index contributed by atoms with van der Waals surface area (Å²) in [7, 11) is 1.49. The molecule has 1 aliphatic heterocycles. The number of benzene rings is 1. The summed E-state index contributed by atoms with van der Waals surface area (Å²) < 4.78 is 26.9. The Kier molecular flexibility index (Phi) is 7.30. The predicted octanol–water partition coefficient (Wildman–Crippen LogP) is 3.21. The van der Waals surface area contributed by atoms with Crippen LogP contribution in [0.2, 0.25) is 10.0 Å². The number of methoxy groups -OCH3 is 1. The SMILES string of the molecule is CO[C@@H]1[C@@H](n2cc(-c3ccc(Cl)c(F)c3)nn2)[C@@H](O)[C@@H](CO)O[C@@H]1Sc1cncc(Cl)c1. The number of hydrogen-bond acceptors (Lipinski definition) is 8. The van der Waals surface area contributed by atoms with E-state index in [9.17, 15) is 14.6 Å². The van der Waals surface area contributed by atoms with Crippen molar-refractivity contribution in [3.63, 3.8) is 0 Å². The van der Waals surface area contributed by atoms with E-state index in [1.165, 1.54) is 41.9 Å². The number of halogens is 3. The first-order valence-electron chi connectivity index (χ1n) is 9.53. The molecule has 1 aliphatic rings. The Morgan fingerprint density at radius 2 is 2.09 bits per heavy atom. The molecule has 0 radical (unpaired) electrons. The van der Waals surface area contributed by atoms with Crippen LogP contribution in [0.25, 0.3) is 11.3 Å². The molecule has 5 atom stereocenters. The molecule has 8 nitrogen and oxygen atoms in total. The lowest BCUT2D eigenvalue weighted by Gasteiger charge is -2.43. The number of thioether (sulfide) groups is 1. The number of hydrogen-bond donors (Lipinski definition) is 2. The molecule has 170 valence electrons. The van der Waals surface area contributed by atoms with Crippen molar-refractivity contribution in [2.24, 2.45) is 0 Å². The fraction of sp³-hybridized carbons (Fsp3) is 0.350. The molecule has 1 aromatic carbocycles.